The van der Waals surface area contributed by atoms with E-state index in [-0.39, 0.29) is 5.56 Å². The van der Waals surface area contributed by atoms with Gasteiger partial charge < -0.3 is 4.42 Å². The van der Waals surface area contributed by atoms with Gasteiger partial charge in [-0.1, -0.05) is 30.7 Å². The molecule has 0 fully saturated rings. The lowest BCUT2D eigenvalue weighted by molar-refractivity contribution is 0.616. The van der Waals surface area contributed by atoms with Crippen molar-refractivity contribution in [2.75, 3.05) is 0 Å². The average molecular weight is 324 g/mol. The van der Waals surface area contributed by atoms with Crippen LogP contribution in [-0.2, 0) is 6.42 Å². The Balaban J connectivity index is 2.10. The second-order valence-electron chi connectivity index (χ2n) is 5.48. The third-order valence-corrected chi connectivity index (χ3v) is 4.44. The van der Waals surface area contributed by atoms with Crippen LogP contribution in [0.4, 0.5) is 0 Å². The minimum atomic E-state index is -0.0900. The summed E-state index contributed by atoms with van der Waals surface area (Å²) in [6.07, 6.45) is 2.40. The summed E-state index contributed by atoms with van der Waals surface area (Å²) in [4.78, 5) is 13.1. The molecule has 23 heavy (non-hydrogen) atoms. The Bertz CT molecular complexity index is 1090. The quantitative estimate of drug-likeness (QED) is 0.523. The third-order valence-electron chi connectivity index (χ3n) is 4.13. The van der Waals surface area contributed by atoms with Gasteiger partial charge in [-0.3, -0.25) is 9.36 Å². The molecule has 0 aliphatic heterocycles. The maximum absolute atomic E-state index is 13.1. The van der Waals surface area contributed by atoms with Gasteiger partial charge in [0.15, 0.2) is 0 Å². The number of aryl methyl sites for hydroxylation is 1. The molecule has 4 heteroatoms. The molecule has 0 saturated heterocycles. The molecular weight excluding hydrogens is 310 g/mol. The summed E-state index contributed by atoms with van der Waals surface area (Å²) in [6.45, 7) is 2.04. The van der Waals surface area contributed by atoms with Crippen LogP contribution in [0.1, 0.15) is 12.6 Å². The molecule has 0 aliphatic carbocycles. The molecule has 2 aromatic carbocycles. The van der Waals surface area contributed by atoms with Crippen LogP contribution in [0.25, 0.3) is 27.4 Å². The predicted molar refractivity (Wildman–Crippen MR) is 93.7 cm³/mol. The van der Waals surface area contributed by atoms with Crippen molar-refractivity contribution in [3.05, 3.63) is 75.9 Å². The predicted octanol–water partition coefficient (Wildman–Crippen LogP) is 4.95. The number of pyridine rings is 1. The Morgan fingerprint density at radius 3 is 2.78 bits per heavy atom. The van der Waals surface area contributed by atoms with E-state index in [4.69, 9.17) is 16.0 Å². The Labute approximate surface area is 137 Å². The van der Waals surface area contributed by atoms with Crippen LogP contribution >= 0.6 is 11.6 Å². The lowest BCUT2D eigenvalue weighted by Crippen LogP contribution is -2.22. The third kappa shape index (κ3) is 2.16. The molecule has 3 nitrogen and oxygen atoms in total. The summed E-state index contributed by atoms with van der Waals surface area (Å²) in [5, 5.41) is 2.88. The van der Waals surface area contributed by atoms with E-state index >= 15 is 0 Å². The molecule has 0 atom stereocenters. The van der Waals surface area contributed by atoms with Gasteiger partial charge in [-0.15, -0.1) is 0 Å². The monoisotopic (exact) mass is 323 g/mol. The Morgan fingerprint density at radius 2 is 1.96 bits per heavy atom. The molecule has 0 saturated carbocycles. The van der Waals surface area contributed by atoms with Crippen molar-refractivity contribution in [2.24, 2.45) is 0 Å². The molecule has 2 heterocycles. The number of hydrogen-bond acceptors (Lipinski definition) is 2. The fourth-order valence-electron chi connectivity index (χ4n) is 3.01. The van der Waals surface area contributed by atoms with Gasteiger partial charge in [0.1, 0.15) is 5.58 Å². The van der Waals surface area contributed by atoms with Crippen molar-refractivity contribution in [2.45, 2.75) is 13.3 Å². The van der Waals surface area contributed by atoms with E-state index in [1.165, 1.54) is 0 Å². The first-order valence-electron chi connectivity index (χ1n) is 7.50. The number of hydrogen-bond donors (Lipinski definition) is 0. The molecule has 4 aromatic rings. The molecular formula is C19H14ClNO2. The molecule has 2 aromatic heterocycles. The van der Waals surface area contributed by atoms with E-state index in [2.05, 4.69) is 0 Å². The van der Waals surface area contributed by atoms with E-state index in [1.807, 2.05) is 49.4 Å². The molecule has 0 N–H and O–H groups in total. The number of fused-ring (bicyclic) bond motifs is 2. The normalized spacial score (nSPS) is 11.4. The minimum Gasteiger partial charge on any atom is -0.464 e. The number of furan rings is 1. The molecule has 0 radical (unpaired) electrons. The van der Waals surface area contributed by atoms with Crippen LogP contribution in [0.2, 0.25) is 5.02 Å². The Morgan fingerprint density at radius 1 is 1.09 bits per heavy atom. The van der Waals surface area contributed by atoms with Crippen molar-refractivity contribution >= 4 is 33.3 Å². The highest BCUT2D eigenvalue weighted by Gasteiger charge is 2.13. The number of rotatable bonds is 2. The Hall–Kier alpha value is -2.52. The van der Waals surface area contributed by atoms with Gasteiger partial charge in [-0.2, -0.15) is 0 Å². The SMILES string of the molecule is CCc1cc2cccc(Cl)c2c(=O)n1-c1ccc2occc2c1. The van der Waals surface area contributed by atoms with Gasteiger partial charge in [0.2, 0.25) is 0 Å². The second-order valence-corrected chi connectivity index (χ2v) is 5.88. The fourth-order valence-corrected chi connectivity index (χ4v) is 3.27. The first-order valence-corrected chi connectivity index (χ1v) is 7.87. The van der Waals surface area contributed by atoms with Crippen LogP contribution in [0.15, 0.2) is 64.0 Å². The molecule has 0 unspecified atom stereocenters. The summed E-state index contributed by atoms with van der Waals surface area (Å²) in [7, 11) is 0. The van der Waals surface area contributed by atoms with Crippen LogP contribution < -0.4 is 5.56 Å². The van der Waals surface area contributed by atoms with Crippen LogP contribution in [0.5, 0.6) is 0 Å². The fraction of sp³-hybridized carbons (Fsp3) is 0.105. The summed E-state index contributed by atoms with van der Waals surface area (Å²) >= 11 is 6.27. The molecule has 0 bridgehead atoms. The lowest BCUT2D eigenvalue weighted by atomic mass is 10.1. The van der Waals surface area contributed by atoms with Crippen LogP contribution in [0, 0.1) is 0 Å². The highest BCUT2D eigenvalue weighted by molar-refractivity contribution is 6.35. The number of aromatic nitrogens is 1. The standard InChI is InChI=1S/C19H14ClNO2/c1-2-14-11-13-4-3-5-16(20)18(13)19(22)21(14)15-6-7-17-12(10-15)8-9-23-17/h3-11H,2H2,1H3. The van der Waals surface area contributed by atoms with E-state index in [9.17, 15) is 4.79 Å². The summed E-state index contributed by atoms with van der Waals surface area (Å²) in [5.41, 5.74) is 2.49. The zero-order valence-electron chi connectivity index (χ0n) is 12.5. The van der Waals surface area contributed by atoms with Crippen molar-refractivity contribution in [1.29, 1.82) is 0 Å². The van der Waals surface area contributed by atoms with E-state index in [0.29, 0.717) is 10.4 Å². The van der Waals surface area contributed by atoms with E-state index in [0.717, 1.165) is 34.2 Å². The number of halogens is 1. The molecule has 114 valence electrons. The largest absolute Gasteiger partial charge is 0.464 e. The van der Waals surface area contributed by atoms with Gasteiger partial charge >= 0.3 is 0 Å². The van der Waals surface area contributed by atoms with Crippen LogP contribution in [-0.4, -0.2) is 4.57 Å². The minimum absolute atomic E-state index is 0.0900. The maximum Gasteiger partial charge on any atom is 0.264 e. The summed E-state index contributed by atoms with van der Waals surface area (Å²) in [5.74, 6) is 0. The highest BCUT2D eigenvalue weighted by Crippen LogP contribution is 2.24. The van der Waals surface area contributed by atoms with Gasteiger partial charge in [-0.05, 0) is 48.2 Å². The molecule has 0 aliphatic rings. The number of benzene rings is 2. The van der Waals surface area contributed by atoms with Crippen LogP contribution in [0.3, 0.4) is 0 Å². The molecule has 0 amide bonds. The first kappa shape index (κ1) is 14.1. The van der Waals surface area contributed by atoms with Crippen molar-refractivity contribution in [3.8, 4) is 5.69 Å². The van der Waals surface area contributed by atoms with Crippen molar-refractivity contribution < 1.29 is 4.42 Å². The van der Waals surface area contributed by atoms with E-state index in [1.54, 1.807) is 16.9 Å². The van der Waals surface area contributed by atoms with Crippen molar-refractivity contribution in [1.82, 2.24) is 4.57 Å². The second kappa shape index (κ2) is 5.28. The zero-order chi connectivity index (χ0) is 16.0. The highest BCUT2D eigenvalue weighted by atomic mass is 35.5. The molecule has 4 rings (SSSR count). The number of nitrogens with zero attached hydrogens (tertiary/aromatic N) is 1. The van der Waals surface area contributed by atoms with Gasteiger partial charge in [0, 0.05) is 16.8 Å². The lowest BCUT2D eigenvalue weighted by Gasteiger charge is -2.14. The molecule has 0 spiro atoms. The average Bonchev–Trinajstić information content (AvgIpc) is 3.02. The smallest absolute Gasteiger partial charge is 0.264 e. The van der Waals surface area contributed by atoms with Crippen molar-refractivity contribution in [3.63, 3.8) is 0 Å². The van der Waals surface area contributed by atoms with Gasteiger partial charge in [0.25, 0.3) is 5.56 Å². The zero-order valence-corrected chi connectivity index (χ0v) is 13.3. The summed E-state index contributed by atoms with van der Waals surface area (Å²) in [6, 6.07) is 15.2. The van der Waals surface area contributed by atoms with Gasteiger partial charge in [0.05, 0.1) is 16.7 Å². The van der Waals surface area contributed by atoms with E-state index < -0.39 is 0 Å². The Kier molecular flexibility index (Phi) is 3.24. The first-order chi connectivity index (χ1) is 11.2. The topological polar surface area (TPSA) is 35.1 Å². The van der Waals surface area contributed by atoms with Gasteiger partial charge in [-0.25, -0.2) is 0 Å². The maximum atomic E-state index is 13.1. The summed E-state index contributed by atoms with van der Waals surface area (Å²) < 4.78 is 7.11.